The van der Waals surface area contributed by atoms with Gasteiger partial charge in [-0.2, -0.15) is 0 Å². The van der Waals surface area contributed by atoms with Crippen LogP contribution in [0.25, 0.3) is 5.57 Å². The topological polar surface area (TPSA) is 92.5 Å². The summed E-state index contributed by atoms with van der Waals surface area (Å²) in [6.07, 6.45) is 4.91. The molecule has 2 heterocycles. The second kappa shape index (κ2) is 12.3. The first-order valence-corrected chi connectivity index (χ1v) is 11.3. The monoisotopic (exact) mass is 502 g/mol. The summed E-state index contributed by atoms with van der Waals surface area (Å²) in [5, 5.41) is 3.66. The number of methoxy groups -OCH3 is 2. The van der Waals surface area contributed by atoms with E-state index in [-0.39, 0.29) is 0 Å². The highest BCUT2D eigenvalue weighted by Crippen LogP contribution is 2.32. The van der Waals surface area contributed by atoms with Gasteiger partial charge in [0.05, 0.1) is 30.2 Å². The number of amidine groups is 2. The fraction of sp³-hybridized carbons (Fsp3) is 0.217. The average molecular weight is 503 g/mol. The van der Waals surface area contributed by atoms with Crippen molar-refractivity contribution in [2.45, 2.75) is 4.90 Å². The number of aromatic nitrogens is 1. The van der Waals surface area contributed by atoms with Gasteiger partial charge in [-0.3, -0.25) is 15.0 Å². The van der Waals surface area contributed by atoms with E-state index in [1.54, 1.807) is 26.4 Å². The molecule has 0 amide bonds. The molecule has 2 aromatic rings. The van der Waals surface area contributed by atoms with Crippen molar-refractivity contribution in [3.63, 3.8) is 0 Å². The molecule has 1 aliphatic heterocycles. The molecule has 0 radical (unpaired) electrons. The lowest BCUT2D eigenvalue weighted by molar-refractivity contribution is 0.208. The first-order chi connectivity index (χ1) is 16.5. The molecule has 0 saturated carbocycles. The maximum atomic E-state index is 14.7. The smallest absolute Gasteiger partial charge is 0.228 e. The van der Waals surface area contributed by atoms with E-state index in [0.717, 1.165) is 0 Å². The third-order valence-corrected chi connectivity index (χ3v) is 5.61. The van der Waals surface area contributed by atoms with Crippen LogP contribution in [-0.4, -0.2) is 57.8 Å². The van der Waals surface area contributed by atoms with Crippen molar-refractivity contribution in [3.05, 3.63) is 64.7 Å². The minimum absolute atomic E-state index is 0.406. The Morgan fingerprint density at radius 2 is 2.09 bits per heavy atom. The number of ether oxygens (including phenoxy) is 2. The lowest BCUT2D eigenvalue weighted by atomic mass is 9.97. The Hall–Kier alpha value is -3.21. The Bertz CT molecular complexity index is 1180. The van der Waals surface area contributed by atoms with E-state index in [1.165, 1.54) is 37.4 Å². The largest absolute Gasteiger partial charge is 0.480 e. The first kappa shape index (κ1) is 25.4. The highest BCUT2D eigenvalue weighted by Gasteiger charge is 2.21. The Kier molecular flexibility index (Phi) is 9.20. The van der Waals surface area contributed by atoms with Gasteiger partial charge < -0.3 is 19.5 Å². The van der Waals surface area contributed by atoms with E-state index in [9.17, 15) is 4.39 Å². The average Bonchev–Trinajstić information content (AvgIpc) is 2.83. The predicted octanol–water partition coefficient (Wildman–Crippen LogP) is 4.65. The summed E-state index contributed by atoms with van der Waals surface area (Å²) in [6.45, 7) is 4.38. The van der Waals surface area contributed by atoms with Crippen molar-refractivity contribution < 1.29 is 13.9 Å². The summed E-state index contributed by atoms with van der Waals surface area (Å²) in [5.41, 5.74) is 2.50. The molecule has 8 nitrogen and oxygen atoms in total. The zero-order chi connectivity index (χ0) is 24.5. The Morgan fingerprint density at radius 1 is 1.26 bits per heavy atom. The summed E-state index contributed by atoms with van der Waals surface area (Å²) in [4.78, 5) is 17.5. The highest BCUT2D eigenvalue weighted by molar-refractivity contribution is 8.00. The van der Waals surface area contributed by atoms with Gasteiger partial charge in [-0.25, -0.2) is 9.37 Å². The molecule has 34 heavy (non-hydrogen) atoms. The van der Waals surface area contributed by atoms with Crippen molar-refractivity contribution in [3.8, 4) is 5.88 Å². The van der Waals surface area contributed by atoms with Crippen molar-refractivity contribution in [2.75, 3.05) is 39.1 Å². The van der Waals surface area contributed by atoms with Crippen LogP contribution in [-0.2, 0) is 4.74 Å². The molecule has 0 atom stereocenters. The number of benzene rings is 1. The van der Waals surface area contributed by atoms with Gasteiger partial charge in [0.15, 0.2) is 0 Å². The van der Waals surface area contributed by atoms with Gasteiger partial charge in [0, 0.05) is 43.4 Å². The van der Waals surface area contributed by atoms with Crippen LogP contribution < -0.4 is 14.8 Å². The Labute approximate surface area is 206 Å². The van der Waals surface area contributed by atoms with Gasteiger partial charge in [0.2, 0.25) is 5.88 Å². The van der Waals surface area contributed by atoms with E-state index in [0.29, 0.717) is 63.0 Å². The van der Waals surface area contributed by atoms with Crippen LogP contribution in [0.2, 0.25) is 5.02 Å². The maximum Gasteiger partial charge on any atom is 0.228 e. The second-order valence-electron chi connectivity index (χ2n) is 6.84. The van der Waals surface area contributed by atoms with Gasteiger partial charge in [-0.05, 0) is 54.6 Å². The van der Waals surface area contributed by atoms with Crippen molar-refractivity contribution in [1.82, 2.24) is 10.3 Å². The lowest BCUT2D eigenvalue weighted by Gasteiger charge is -2.22. The normalized spacial score (nSPS) is 17.0. The van der Waals surface area contributed by atoms with Gasteiger partial charge in [-0.1, -0.05) is 11.6 Å². The molecule has 1 aliphatic rings. The highest BCUT2D eigenvalue weighted by atomic mass is 35.5. The number of pyridine rings is 1. The molecule has 0 fully saturated rings. The molecule has 3 rings (SSSR count). The van der Waals surface area contributed by atoms with E-state index >= 15 is 0 Å². The number of aliphatic imine (C=N–C) groups is 3. The minimum Gasteiger partial charge on any atom is -0.480 e. The van der Waals surface area contributed by atoms with Crippen LogP contribution in [0.1, 0.15) is 5.56 Å². The molecule has 0 spiro atoms. The van der Waals surface area contributed by atoms with Gasteiger partial charge in [-0.15, -0.1) is 0 Å². The fourth-order valence-corrected chi connectivity index (χ4v) is 4.05. The van der Waals surface area contributed by atoms with Crippen LogP contribution in [0, 0.1) is 5.82 Å². The number of hydrogen-bond acceptors (Lipinski definition) is 8. The molecule has 1 aromatic carbocycles. The molecule has 11 heteroatoms. The lowest BCUT2D eigenvalue weighted by Crippen LogP contribution is -2.36. The fourth-order valence-electron chi connectivity index (χ4n) is 3.07. The summed E-state index contributed by atoms with van der Waals surface area (Å²) < 4.78 is 28.2. The summed E-state index contributed by atoms with van der Waals surface area (Å²) >= 11 is 7.27. The standard InChI is InChI=1S/C23H24ClFN6O2S/c1-26-12-15-9-19(22(28-5-6-32-3)30-21(15)27-2)14-7-17(25)11-18(8-14)31-34-20-10-16(24)13-29-23(20)33-4/h7-13,31H,1,5-6H2,2-4H3,(H,27,28,30)/b15-12-. The van der Waals surface area contributed by atoms with Crippen LogP contribution in [0.15, 0.2) is 68.2 Å². The summed E-state index contributed by atoms with van der Waals surface area (Å²) in [6, 6.07) is 6.35. The van der Waals surface area contributed by atoms with Crippen molar-refractivity contribution >= 4 is 53.2 Å². The number of nitrogens with zero attached hydrogens (tertiary/aromatic N) is 4. The molecule has 1 aromatic heterocycles. The number of halogens is 2. The molecule has 0 saturated heterocycles. The first-order valence-electron chi connectivity index (χ1n) is 10.1. The summed E-state index contributed by atoms with van der Waals surface area (Å²) in [5.74, 6) is 1.11. The van der Waals surface area contributed by atoms with Crippen molar-refractivity contribution in [1.29, 1.82) is 0 Å². The van der Waals surface area contributed by atoms with Gasteiger partial charge in [0.25, 0.3) is 0 Å². The maximum absolute atomic E-state index is 14.7. The quantitative estimate of drug-likeness (QED) is 0.295. The predicted molar refractivity (Wildman–Crippen MR) is 138 cm³/mol. The van der Waals surface area contributed by atoms with Crippen LogP contribution in [0.4, 0.5) is 10.1 Å². The summed E-state index contributed by atoms with van der Waals surface area (Å²) in [7, 11) is 4.78. The molecule has 178 valence electrons. The van der Waals surface area contributed by atoms with Gasteiger partial charge in [0.1, 0.15) is 17.5 Å². The number of nitrogens with one attached hydrogen (secondary N) is 2. The van der Waals surface area contributed by atoms with E-state index < -0.39 is 5.82 Å². The van der Waals surface area contributed by atoms with E-state index in [1.807, 2.05) is 12.1 Å². The second-order valence-corrected chi connectivity index (χ2v) is 8.12. The third kappa shape index (κ3) is 6.43. The minimum atomic E-state index is -0.420. The zero-order valence-electron chi connectivity index (χ0n) is 18.9. The van der Waals surface area contributed by atoms with Gasteiger partial charge >= 0.3 is 0 Å². The number of rotatable bonds is 9. The molecule has 0 unspecified atom stereocenters. The molecule has 2 N–H and O–H groups in total. The molecule has 0 aliphatic carbocycles. The van der Waals surface area contributed by atoms with E-state index in [4.69, 9.17) is 21.1 Å². The van der Waals surface area contributed by atoms with Crippen LogP contribution >= 0.6 is 23.5 Å². The Balaban J connectivity index is 1.98. The SMILES string of the molecule is C=N/C=C1/C=C(c2cc(F)cc(NSc3cc(Cl)cnc3OC)c2)C(=NCCOC)NC1=NC. The Morgan fingerprint density at radius 3 is 2.79 bits per heavy atom. The molecule has 0 bridgehead atoms. The van der Waals surface area contributed by atoms with Crippen LogP contribution in [0.3, 0.4) is 0 Å². The number of hydrogen-bond donors (Lipinski definition) is 2. The van der Waals surface area contributed by atoms with E-state index in [2.05, 4.69) is 36.7 Å². The van der Waals surface area contributed by atoms with Crippen molar-refractivity contribution in [2.24, 2.45) is 15.0 Å². The zero-order valence-corrected chi connectivity index (χ0v) is 20.5. The third-order valence-electron chi connectivity index (χ3n) is 4.55. The number of anilines is 1. The molecular formula is C23H24ClFN6O2S. The molecular weight excluding hydrogens is 479 g/mol. The van der Waals surface area contributed by atoms with Crippen LogP contribution in [0.5, 0.6) is 5.88 Å².